The Balaban J connectivity index is 1.86. The van der Waals surface area contributed by atoms with Crippen molar-refractivity contribution in [2.24, 2.45) is 0 Å². The predicted molar refractivity (Wildman–Crippen MR) is 131 cm³/mol. The molecule has 0 radical (unpaired) electrons. The highest BCUT2D eigenvalue weighted by Crippen LogP contribution is 2.29. The topological polar surface area (TPSA) is 132 Å². The van der Waals surface area contributed by atoms with E-state index in [9.17, 15) is 20.1 Å². The molecule has 0 saturated heterocycles. The van der Waals surface area contributed by atoms with E-state index in [1.54, 1.807) is 30.3 Å². The Bertz CT molecular complexity index is 2170. The van der Waals surface area contributed by atoms with Gasteiger partial charge in [-0.1, -0.05) is 23.8 Å². The average Bonchev–Trinajstić information content (AvgIpc) is 3.27. The normalized spacial score (nSPS) is 11.3. The molecule has 4 aromatic heterocycles. The number of nitrogens with one attached hydrogen (secondary N) is 1. The molecular weight excluding hydrogens is 464 g/mol. The van der Waals surface area contributed by atoms with E-state index in [0.29, 0.717) is 22.1 Å². The molecule has 6 rings (SSSR count). The Hall–Kier alpha value is -5.06. The van der Waals surface area contributed by atoms with Crippen LogP contribution in [0.5, 0.6) is 0 Å². The standard InChI is InChI=1S/C25H12N6O3S/c1-12-6-7-19-14(8-12)21(32)17(11-34-19)20-15(9-26)23-29-22-13-4-2-3-5-18(13)28-25(35)31(22)30(23)24(33)16(20)10-27/h2-8,11H,1H3,(H,28,35). The van der Waals surface area contributed by atoms with Gasteiger partial charge in [-0.25, -0.2) is 4.98 Å². The maximum absolute atomic E-state index is 13.6. The number of hydrogen-bond acceptors (Lipinski definition) is 7. The second-order valence-electron chi connectivity index (χ2n) is 7.99. The average molecular weight is 476 g/mol. The number of fused-ring (bicyclic) bond motifs is 6. The Morgan fingerprint density at radius 1 is 1.00 bits per heavy atom. The van der Waals surface area contributed by atoms with Crippen molar-refractivity contribution in [1.82, 2.24) is 19.0 Å². The van der Waals surface area contributed by atoms with Crippen molar-refractivity contribution in [2.45, 2.75) is 6.92 Å². The van der Waals surface area contributed by atoms with Crippen molar-refractivity contribution < 1.29 is 4.42 Å². The molecule has 0 aliphatic carbocycles. The Labute approximate surface area is 200 Å². The molecule has 1 N–H and O–H groups in total. The smallest absolute Gasteiger partial charge is 0.290 e. The highest BCUT2D eigenvalue weighted by molar-refractivity contribution is 7.71. The summed E-state index contributed by atoms with van der Waals surface area (Å²) in [6.45, 7) is 1.83. The Morgan fingerprint density at radius 3 is 2.54 bits per heavy atom. The number of aromatic amines is 1. The van der Waals surface area contributed by atoms with Gasteiger partial charge >= 0.3 is 0 Å². The number of H-pyrrole nitrogens is 1. The molecule has 0 bridgehead atoms. The fourth-order valence-corrected chi connectivity index (χ4v) is 4.67. The van der Waals surface area contributed by atoms with E-state index in [1.807, 2.05) is 31.2 Å². The van der Waals surface area contributed by atoms with Crippen LogP contribution in [0.1, 0.15) is 16.7 Å². The molecule has 4 heterocycles. The van der Waals surface area contributed by atoms with Crippen LogP contribution in [0, 0.1) is 34.4 Å². The van der Waals surface area contributed by atoms with Crippen LogP contribution < -0.4 is 11.0 Å². The number of aromatic nitrogens is 4. The largest absolute Gasteiger partial charge is 0.463 e. The third-order valence-corrected chi connectivity index (χ3v) is 6.24. The molecule has 0 amide bonds. The monoisotopic (exact) mass is 476 g/mol. The van der Waals surface area contributed by atoms with Gasteiger partial charge < -0.3 is 9.40 Å². The van der Waals surface area contributed by atoms with Crippen molar-refractivity contribution in [3.8, 4) is 23.3 Å². The minimum Gasteiger partial charge on any atom is -0.463 e. The third kappa shape index (κ3) is 2.72. The van der Waals surface area contributed by atoms with E-state index in [4.69, 9.17) is 16.6 Å². The van der Waals surface area contributed by atoms with Crippen LogP contribution in [-0.2, 0) is 0 Å². The van der Waals surface area contributed by atoms with Gasteiger partial charge in [0, 0.05) is 10.9 Å². The van der Waals surface area contributed by atoms with Crippen LogP contribution >= 0.6 is 12.2 Å². The molecule has 0 aliphatic heterocycles. The fraction of sp³-hybridized carbons (Fsp3) is 0.0400. The quantitative estimate of drug-likeness (QED) is 0.355. The fourth-order valence-electron chi connectivity index (χ4n) is 4.40. The molecule has 6 aromatic rings. The van der Waals surface area contributed by atoms with Gasteiger partial charge in [-0.3, -0.25) is 9.59 Å². The van der Waals surface area contributed by atoms with Crippen molar-refractivity contribution >= 4 is 45.4 Å². The van der Waals surface area contributed by atoms with Gasteiger partial charge in [0.25, 0.3) is 5.56 Å². The Kier molecular flexibility index (Phi) is 4.24. The summed E-state index contributed by atoms with van der Waals surface area (Å²) in [6.07, 6.45) is 1.17. The van der Waals surface area contributed by atoms with Crippen LogP contribution in [0.25, 0.3) is 44.3 Å². The third-order valence-electron chi connectivity index (χ3n) is 5.97. The molecule has 10 heteroatoms. The number of nitriles is 2. The lowest BCUT2D eigenvalue weighted by atomic mass is 9.97. The van der Waals surface area contributed by atoms with Gasteiger partial charge in [-0.15, -0.1) is 0 Å². The molecule has 2 aromatic carbocycles. The summed E-state index contributed by atoms with van der Waals surface area (Å²) in [5, 5.41) is 21.1. The van der Waals surface area contributed by atoms with E-state index >= 15 is 0 Å². The molecule has 0 atom stereocenters. The minimum atomic E-state index is -0.762. The first-order valence-corrected chi connectivity index (χ1v) is 10.8. The summed E-state index contributed by atoms with van der Waals surface area (Å²) in [4.78, 5) is 34.6. The van der Waals surface area contributed by atoms with E-state index < -0.39 is 11.0 Å². The van der Waals surface area contributed by atoms with Gasteiger partial charge in [-0.05, 0) is 43.4 Å². The van der Waals surface area contributed by atoms with Crippen molar-refractivity contribution in [1.29, 1.82) is 10.5 Å². The molecule has 166 valence electrons. The molecule has 0 saturated carbocycles. The Morgan fingerprint density at radius 2 is 1.77 bits per heavy atom. The summed E-state index contributed by atoms with van der Waals surface area (Å²) in [5.41, 5.74) is 0.294. The first-order valence-electron chi connectivity index (χ1n) is 10.4. The number of benzene rings is 2. The van der Waals surface area contributed by atoms with Gasteiger partial charge in [0.15, 0.2) is 16.1 Å². The summed E-state index contributed by atoms with van der Waals surface area (Å²) in [7, 11) is 0. The van der Waals surface area contributed by atoms with Gasteiger partial charge in [0.2, 0.25) is 5.43 Å². The van der Waals surface area contributed by atoms with E-state index in [-0.39, 0.29) is 38.1 Å². The number of pyridine rings is 1. The number of hydrogen-bond donors (Lipinski definition) is 1. The lowest BCUT2D eigenvalue weighted by molar-refractivity contribution is 0.604. The molecule has 0 aliphatic rings. The second-order valence-corrected chi connectivity index (χ2v) is 8.38. The van der Waals surface area contributed by atoms with E-state index in [2.05, 4.69) is 9.97 Å². The molecular formula is C25H12N6O3S. The lowest BCUT2D eigenvalue weighted by Gasteiger charge is -2.09. The highest BCUT2D eigenvalue weighted by Gasteiger charge is 2.26. The van der Waals surface area contributed by atoms with Crippen LogP contribution in [0.2, 0.25) is 0 Å². The zero-order valence-corrected chi connectivity index (χ0v) is 18.8. The second kappa shape index (κ2) is 7.22. The van der Waals surface area contributed by atoms with Crippen molar-refractivity contribution in [3.05, 3.63) is 90.8 Å². The predicted octanol–water partition coefficient (Wildman–Crippen LogP) is 3.98. The van der Waals surface area contributed by atoms with Crippen molar-refractivity contribution in [3.63, 3.8) is 0 Å². The summed E-state index contributed by atoms with van der Waals surface area (Å²) < 4.78 is 8.25. The first kappa shape index (κ1) is 20.5. The number of aryl methyl sites for hydroxylation is 1. The van der Waals surface area contributed by atoms with Crippen LogP contribution in [-0.4, -0.2) is 19.0 Å². The van der Waals surface area contributed by atoms with Gasteiger partial charge in [0.05, 0.1) is 16.5 Å². The van der Waals surface area contributed by atoms with E-state index in [1.165, 1.54) is 10.8 Å². The minimum absolute atomic E-state index is 0.0221. The first-order chi connectivity index (χ1) is 16.9. The van der Waals surface area contributed by atoms with Gasteiger partial charge in [0.1, 0.15) is 35.1 Å². The summed E-state index contributed by atoms with van der Waals surface area (Å²) in [5.74, 6) is 0. The molecule has 35 heavy (non-hydrogen) atoms. The maximum atomic E-state index is 13.6. The number of rotatable bonds is 1. The summed E-state index contributed by atoms with van der Waals surface area (Å²) in [6, 6.07) is 16.3. The molecule has 9 nitrogen and oxygen atoms in total. The zero-order valence-electron chi connectivity index (χ0n) is 18.0. The maximum Gasteiger partial charge on any atom is 0.290 e. The van der Waals surface area contributed by atoms with E-state index in [0.717, 1.165) is 10.1 Å². The van der Waals surface area contributed by atoms with Crippen LogP contribution in [0.4, 0.5) is 0 Å². The molecule has 0 fully saturated rings. The van der Waals surface area contributed by atoms with Crippen molar-refractivity contribution in [2.75, 3.05) is 0 Å². The van der Waals surface area contributed by atoms with Crippen LogP contribution in [0.15, 0.2) is 62.7 Å². The highest BCUT2D eigenvalue weighted by atomic mass is 32.1. The lowest BCUT2D eigenvalue weighted by Crippen LogP contribution is -2.24. The van der Waals surface area contributed by atoms with Crippen LogP contribution in [0.3, 0.4) is 0 Å². The molecule has 0 unspecified atom stereocenters. The molecule has 0 spiro atoms. The van der Waals surface area contributed by atoms with Gasteiger partial charge in [-0.2, -0.15) is 19.6 Å². The number of nitrogens with zero attached hydrogens (tertiary/aromatic N) is 5. The summed E-state index contributed by atoms with van der Waals surface area (Å²) >= 11 is 5.47. The zero-order chi connectivity index (χ0) is 24.4. The SMILES string of the molecule is Cc1ccc2occ(-c3c(C#N)c(=O)n4c(nc5c6ccccc6[nH]c(=S)n54)c3C#N)c(=O)c2c1. The number of para-hydroxylation sites is 1.